The Balaban J connectivity index is 1.36. The SMILES string of the molecule is C[C@@H](c1ccc(Cl)cc1)n1cnc(-c2ccccc2)c1-c1c(C(=O)Nc2cccnc2OCC2CCCN2)[nH]c2cc(Cl)ccc12. The number of aromatic nitrogens is 4. The molecule has 1 saturated heterocycles. The number of ether oxygens (including phenoxy) is 1. The van der Waals surface area contributed by atoms with Gasteiger partial charge < -0.3 is 24.9 Å². The lowest BCUT2D eigenvalue weighted by atomic mass is 9.99. The molecule has 7 rings (SSSR count). The maximum atomic E-state index is 14.3. The lowest BCUT2D eigenvalue weighted by Crippen LogP contribution is -2.28. The number of anilines is 1. The Labute approximate surface area is 276 Å². The molecule has 3 aromatic heterocycles. The van der Waals surface area contributed by atoms with E-state index in [2.05, 4.69) is 32.1 Å². The average molecular weight is 652 g/mol. The van der Waals surface area contributed by atoms with Crippen LogP contribution in [0.25, 0.3) is 33.4 Å². The number of fused-ring (bicyclic) bond motifs is 1. The summed E-state index contributed by atoms with van der Waals surface area (Å²) in [5, 5.41) is 8.56. The molecule has 0 aliphatic carbocycles. The van der Waals surface area contributed by atoms with Gasteiger partial charge in [0, 0.05) is 44.3 Å². The number of rotatable bonds is 9. The fraction of sp³-hybridized carbons (Fsp3) is 0.194. The Bertz CT molecular complexity index is 2000. The molecule has 10 heteroatoms. The van der Waals surface area contributed by atoms with E-state index in [0.717, 1.165) is 52.8 Å². The van der Waals surface area contributed by atoms with E-state index in [1.54, 1.807) is 18.3 Å². The van der Waals surface area contributed by atoms with Crippen molar-refractivity contribution < 1.29 is 9.53 Å². The minimum absolute atomic E-state index is 0.132. The Morgan fingerprint density at radius 1 is 1.02 bits per heavy atom. The molecule has 3 aromatic carbocycles. The van der Waals surface area contributed by atoms with Crippen molar-refractivity contribution in [3.8, 4) is 28.4 Å². The van der Waals surface area contributed by atoms with Gasteiger partial charge in [-0.05, 0) is 68.3 Å². The molecule has 1 unspecified atom stereocenters. The molecule has 4 heterocycles. The molecule has 0 bridgehead atoms. The zero-order chi connectivity index (χ0) is 31.6. The molecule has 0 radical (unpaired) electrons. The van der Waals surface area contributed by atoms with E-state index in [0.29, 0.717) is 39.5 Å². The summed E-state index contributed by atoms with van der Waals surface area (Å²) < 4.78 is 8.18. The van der Waals surface area contributed by atoms with Gasteiger partial charge in [0.25, 0.3) is 5.91 Å². The summed E-state index contributed by atoms with van der Waals surface area (Å²) in [6.45, 7) is 3.55. The van der Waals surface area contributed by atoms with Crippen LogP contribution in [0, 0.1) is 0 Å². The number of carbonyl (C=O) groups is 1. The molecule has 6 aromatic rings. The number of carbonyl (C=O) groups excluding carboxylic acids is 1. The first-order valence-corrected chi connectivity index (χ1v) is 16.0. The van der Waals surface area contributed by atoms with Crippen molar-refractivity contribution in [1.82, 2.24) is 24.8 Å². The number of aromatic amines is 1. The molecule has 0 spiro atoms. The fourth-order valence-corrected chi connectivity index (χ4v) is 6.36. The van der Waals surface area contributed by atoms with Gasteiger partial charge in [-0.3, -0.25) is 4.79 Å². The third kappa shape index (κ3) is 5.99. The van der Waals surface area contributed by atoms with E-state index in [4.69, 9.17) is 32.9 Å². The van der Waals surface area contributed by atoms with E-state index in [-0.39, 0.29) is 18.0 Å². The van der Waals surface area contributed by atoms with Crippen molar-refractivity contribution in [1.29, 1.82) is 0 Å². The van der Waals surface area contributed by atoms with Gasteiger partial charge >= 0.3 is 0 Å². The molecular weight excluding hydrogens is 619 g/mol. The lowest BCUT2D eigenvalue weighted by Gasteiger charge is -2.19. The summed E-state index contributed by atoms with van der Waals surface area (Å²) in [7, 11) is 0. The molecule has 1 fully saturated rings. The Kier molecular flexibility index (Phi) is 8.49. The number of imidazole rings is 1. The first-order valence-electron chi connectivity index (χ1n) is 15.3. The van der Waals surface area contributed by atoms with E-state index in [9.17, 15) is 4.79 Å². The van der Waals surface area contributed by atoms with Crippen molar-refractivity contribution in [3.05, 3.63) is 119 Å². The summed E-state index contributed by atoms with van der Waals surface area (Å²) in [6, 6.07) is 27.0. The zero-order valence-electron chi connectivity index (χ0n) is 25.1. The highest BCUT2D eigenvalue weighted by Gasteiger charge is 2.28. The van der Waals surface area contributed by atoms with Crippen LogP contribution in [0.15, 0.2) is 97.5 Å². The molecule has 1 aliphatic heterocycles. The average Bonchev–Trinajstić information content (AvgIpc) is 3.83. The maximum Gasteiger partial charge on any atom is 0.272 e. The van der Waals surface area contributed by atoms with Crippen molar-refractivity contribution in [2.75, 3.05) is 18.5 Å². The molecule has 46 heavy (non-hydrogen) atoms. The molecule has 8 nitrogen and oxygen atoms in total. The molecule has 0 saturated carbocycles. The van der Waals surface area contributed by atoms with E-state index < -0.39 is 0 Å². The van der Waals surface area contributed by atoms with Gasteiger partial charge in [0.1, 0.15) is 18.0 Å². The first-order chi connectivity index (χ1) is 22.5. The van der Waals surface area contributed by atoms with Crippen molar-refractivity contribution >= 4 is 45.7 Å². The third-order valence-electron chi connectivity index (χ3n) is 8.44. The van der Waals surface area contributed by atoms with Gasteiger partial charge in [-0.2, -0.15) is 0 Å². The number of hydrogen-bond donors (Lipinski definition) is 3. The largest absolute Gasteiger partial charge is 0.475 e. The first kappa shape index (κ1) is 30.0. The second kappa shape index (κ2) is 13.0. The van der Waals surface area contributed by atoms with Crippen LogP contribution in [0.2, 0.25) is 10.0 Å². The smallest absolute Gasteiger partial charge is 0.272 e. The van der Waals surface area contributed by atoms with Gasteiger partial charge in [-0.15, -0.1) is 0 Å². The van der Waals surface area contributed by atoms with Gasteiger partial charge in [-0.1, -0.05) is 71.7 Å². The molecule has 1 amide bonds. The number of H-pyrrole nitrogens is 1. The number of pyridine rings is 1. The van der Waals surface area contributed by atoms with Crippen molar-refractivity contribution in [2.24, 2.45) is 0 Å². The summed E-state index contributed by atoms with van der Waals surface area (Å²) >= 11 is 12.7. The number of nitrogens with one attached hydrogen (secondary N) is 3. The number of amides is 1. The minimum Gasteiger partial charge on any atom is -0.475 e. The standard InChI is InChI=1S/C36H32Cl2N6O2/c1-22(23-11-13-25(37)14-12-23)44-21-41-32(24-7-3-2-4-8-24)34(44)31-28-16-15-26(38)19-30(28)42-33(31)35(45)43-29-10-6-18-40-36(29)46-20-27-9-5-17-39-27/h2-4,6-8,10-16,18-19,21-22,27,39,42H,5,9,17,20H2,1H3,(H,43,45)/t22-,27?/m0/s1. The number of benzene rings is 3. The second-order valence-corrected chi connectivity index (χ2v) is 12.3. The van der Waals surface area contributed by atoms with Crippen LogP contribution >= 0.6 is 23.2 Å². The molecule has 1 aliphatic rings. The summed E-state index contributed by atoms with van der Waals surface area (Å²) in [5.74, 6) is 0.0294. The molecule has 3 N–H and O–H groups in total. The zero-order valence-corrected chi connectivity index (χ0v) is 26.6. The number of halogens is 2. The lowest BCUT2D eigenvalue weighted by molar-refractivity contribution is 0.102. The highest BCUT2D eigenvalue weighted by molar-refractivity contribution is 6.31. The van der Waals surface area contributed by atoms with E-state index in [1.165, 1.54) is 0 Å². The highest BCUT2D eigenvalue weighted by Crippen LogP contribution is 2.41. The van der Waals surface area contributed by atoms with Crippen LogP contribution in [0.4, 0.5) is 5.69 Å². The van der Waals surface area contributed by atoms with Crippen LogP contribution < -0.4 is 15.4 Å². The monoisotopic (exact) mass is 650 g/mol. The summed E-state index contributed by atoms with van der Waals surface area (Å²) in [4.78, 5) is 27.0. The topological polar surface area (TPSA) is 96.9 Å². The van der Waals surface area contributed by atoms with Crippen LogP contribution in [0.3, 0.4) is 0 Å². The van der Waals surface area contributed by atoms with Gasteiger partial charge in [-0.25, -0.2) is 9.97 Å². The second-order valence-electron chi connectivity index (χ2n) is 11.4. The number of nitrogens with zero attached hydrogens (tertiary/aromatic N) is 3. The predicted octanol–water partition coefficient (Wildman–Crippen LogP) is 8.39. The Hall–Kier alpha value is -4.63. The summed E-state index contributed by atoms with van der Waals surface area (Å²) in [5.41, 5.74) is 5.81. The Morgan fingerprint density at radius 2 is 1.83 bits per heavy atom. The van der Waals surface area contributed by atoms with Crippen molar-refractivity contribution in [2.45, 2.75) is 31.8 Å². The van der Waals surface area contributed by atoms with Crippen LogP contribution in [-0.4, -0.2) is 44.6 Å². The van der Waals surface area contributed by atoms with Crippen LogP contribution in [0.5, 0.6) is 5.88 Å². The predicted molar refractivity (Wildman–Crippen MR) is 184 cm³/mol. The fourth-order valence-electron chi connectivity index (χ4n) is 6.06. The molecule has 2 atom stereocenters. The quantitative estimate of drug-likeness (QED) is 0.146. The van der Waals surface area contributed by atoms with Crippen molar-refractivity contribution in [3.63, 3.8) is 0 Å². The maximum absolute atomic E-state index is 14.3. The van der Waals surface area contributed by atoms with Crippen LogP contribution in [-0.2, 0) is 0 Å². The molecule has 232 valence electrons. The highest BCUT2D eigenvalue weighted by atomic mass is 35.5. The van der Waals surface area contributed by atoms with Crippen LogP contribution in [0.1, 0.15) is 41.9 Å². The number of hydrogen-bond acceptors (Lipinski definition) is 5. The van der Waals surface area contributed by atoms with E-state index in [1.807, 2.05) is 79.1 Å². The summed E-state index contributed by atoms with van der Waals surface area (Å²) in [6.07, 6.45) is 5.65. The minimum atomic E-state index is -0.343. The Morgan fingerprint density at radius 3 is 2.61 bits per heavy atom. The van der Waals surface area contributed by atoms with Gasteiger partial charge in [0.15, 0.2) is 0 Å². The normalized spacial score (nSPS) is 15.2. The van der Waals surface area contributed by atoms with Gasteiger partial charge in [0.05, 0.1) is 23.8 Å². The molecular formula is C36H32Cl2N6O2. The van der Waals surface area contributed by atoms with Gasteiger partial charge in [0.2, 0.25) is 5.88 Å². The third-order valence-corrected chi connectivity index (χ3v) is 8.93. The van der Waals surface area contributed by atoms with E-state index >= 15 is 0 Å².